The molecule has 2 heterocycles. The fourth-order valence-electron chi connectivity index (χ4n) is 1.58. The second-order valence-corrected chi connectivity index (χ2v) is 3.22. The van der Waals surface area contributed by atoms with Gasteiger partial charge in [0.25, 0.3) is 0 Å². The van der Waals surface area contributed by atoms with E-state index in [0.29, 0.717) is 25.2 Å². The number of halogens is 1. The van der Waals surface area contributed by atoms with Crippen LogP contribution in [0, 0.1) is 5.82 Å². The second kappa shape index (κ2) is 3.30. The van der Waals surface area contributed by atoms with Crippen molar-refractivity contribution in [1.29, 1.82) is 0 Å². The Morgan fingerprint density at radius 3 is 3.08 bits per heavy atom. The van der Waals surface area contributed by atoms with Crippen molar-refractivity contribution in [3.05, 3.63) is 24.3 Å². The van der Waals surface area contributed by atoms with Crippen LogP contribution in [0.1, 0.15) is 6.42 Å². The molecule has 13 heavy (non-hydrogen) atoms. The van der Waals surface area contributed by atoms with Gasteiger partial charge in [0.05, 0.1) is 18.0 Å². The number of hydrogen-bond acceptors (Lipinski definition) is 3. The van der Waals surface area contributed by atoms with Gasteiger partial charge in [-0.05, 0) is 12.5 Å². The molecule has 1 aromatic rings. The van der Waals surface area contributed by atoms with Crippen molar-refractivity contribution >= 4 is 5.69 Å². The molecular formula is C9H11FN2O. The van der Waals surface area contributed by atoms with Gasteiger partial charge in [-0.1, -0.05) is 0 Å². The van der Waals surface area contributed by atoms with E-state index in [9.17, 15) is 9.50 Å². The molecule has 1 aliphatic rings. The molecule has 1 aliphatic heterocycles. The molecule has 0 saturated carbocycles. The predicted molar refractivity (Wildman–Crippen MR) is 47.0 cm³/mol. The Bertz CT molecular complexity index is 305. The summed E-state index contributed by atoms with van der Waals surface area (Å²) < 4.78 is 13.2. The highest BCUT2D eigenvalue weighted by Gasteiger charge is 2.22. The van der Waals surface area contributed by atoms with Crippen LogP contribution in [0.5, 0.6) is 0 Å². The molecule has 0 bridgehead atoms. The topological polar surface area (TPSA) is 36.4 Å². The Balaban J connectivity index is 2.21. The number of anilines is 1. The van der Waals surface area contributed by atoms with Gasteiger partial charge in [0.15, 0.2) is 5.82 Å². The normalized spacial score (nSPS) is 22.3. The van der Waals surface area contributed by atoms with Crippen molar-refractivity contribution in [1.82, 2.24) is 4.98 Å². The maximum Gasteiger partial charge on any atom is 0.164 e. The molecular weight excluding hydrogens is 171 g/mol. The van der Waals surface area contributed by atoms with Crippen molar-refractivity contribution in [3.8, 4) is 0 Å². The Labute approximate surface area is 75.8 Å². The largest absolute Gasteiger partial charge is 0.391 e. The standard InChI is InChI=1S/C9H11FN2O/c10-8-5-11-3-1-9(8)12-4-2-7(13)6-12/h1,3,5,7,13H,2,4,6H2. The number of rotatable bonds is 1. The molecule has 1 unspecified atom stereocenters. The third-order valence-electron chi connectivity index (χ3n) is 2.26. The molecule has 70 valence electrons. The van der Waals surface area contributed by atoms with Crippen LogP contribution >= 0.6 is 0 Å². The SMILES string of the molecule is OC1CCN(c2ccncc2F)C1. The van der Waals surface area contributed by atoms with Crippen molar-refractivity contribution < 1.29 is 9.50 Å². The van der Waals surface area contributed by atoms with Crippen molar-refractivity contribution in [3.63, 3.8) is 0 Å². The van der Waals surface area contributed by atoms with Crippen LogP contribution in [-0.2, 0) is 0 Å². The first kappa shape index (κ1) is 8.44. The number of pyridine rings is 1. The van der Waals surface area contributed by atoms with E-state index in [1.807, 2.05) is 4.90 Å². The van der Waals surface area contributed by atoms with E-state index in [-0.39, 0.29) is 11.9 Å². The Kier molecular flexibility index (Phi) is 2.14. The highest BCUT2D eigenvalue weighted by molar-refractivity contribution is 5.47. The van der Waals surface area contributed by atoms with Crippen LogP contribution in [0.25, 0.3) is 0 Å². The summed E-state index contributed by atoms with van der Waals surface area (Å²) in [5.74, 6) is -0.323. The lowest BCUT2D eigenvalue weighted by molar-refractivity contribution is 0.198. The molecule has 0 spiro atoms. The lowest BCUT2D eigenvalue weighted by Gasteiger charge is -2.17. The van der Waals surface area contributed by atoms with E-state index in [2.05, 4.69) is 4.98 Å². The van der Waals surface area contributed by atoms with Crippen LogP contribution in [0.2, 0.25) is 0 Å². The van der Waals surface area contributed by atoms with Crippen LogP contribution in [-0.4, -0.2) is 29.3 Å². The summed E-state index contributed by atoms with van der Waals surface area (Å²) in [6.07, 6.45) is 3.14. The minimum atomic E-state index is -0.326. The van der Waals surface area contributed by atoms with E-state index in [4.69, 9.17) is 0 Å². The molecule has 4 heteroatoms. The highest BCUT2D eigenvalue weighted by atomic mass is 19.1. The Morgan fingerprint density at radius 2 is 2.46 bits per heavy atom. The van der Waals surface area contributed by atoms with E-state index in [0.717, 1.165) is 0 Å². The zero-order valence-corrected chi connectivity index (χ0v) is 7.15. The van der Waals surface area contributed by atoms with E-state index in [1.54, 1.807) is 12.3 Å². The van der Waals surface area contributed by atoms with E-state index >= 15 is 0 Å². The monoisotopic (exact) mass is 182 g/mol. The first-order chi connectivity index (χ1) is 6.27. The lowest BCUT2D eigenvalue weighted by Crippen LogP contribution is -2.22. The van der Waals surface area contributed by atoms with Gasteiger partial charge in [-0.3, -0.25) is 4.98 Å². The zero-order valence-electron chi connectivity index (χ0n) is 7.15. The van der Waals surface area contributed by atoms with Gasteiger partial charge in [-0.15, -0.1) is 0 Å². The number of nitrogens with zero attached hydrogens (tertiary/aromatic N) is 2. The third-order valence-corrected chi connectivity index (χ3v) is 2.26. The van der Waals surface area contributed by atoms with Crippen molar-refractivity contribution in [2.45, 2.75) is 12.5 Å². The Morgan fingerprint density at radius 1 is 1.62 bits per heavy atom. The Hall–Kier alpha value is -1.16. The van der Waals surface area contributed by atoms with Gasteiger partial charge >= 0.3 is 0 Å². The first-order valence-corrected chi connectivity index (χ1v) is 4.30. The summed E-state index contributed by atoms with van der Waals surface area (Å²) in [6.45, 7) is 1.23. The van der Waals surface area contributed by atoms with E-state index < -0.39 is 0 Å². The molecule has 1 atom stereocenters. The van der Waals surface area contributed by atoms with E-state index in [1.165, 1.54) is 6.20 Å². The number of β-amino-alcohol motifs (C(OH)–C–C–N with tert-alkyl or cyclic N) is 1. The molecule has 0 aliphatic carbocycles. The molecule has 1 N–H and O–H groups in total. The van der Waals surface area contributed by atoms with Crippen LogP contribution in [0.3, 0.4) is 0 Å². The van der Waals surface area contributed by atoms with Crippen LogP contribution in [0.15, 0.2) is 18.5 Å². The summed E-state index contributed by atoms with van der Waals surface area (Å²) in [4.78, 5) is 5.51. The summed E-state index contributed by atoms with van der Waals surface area (Å²) in [7, 11) is 0. The fraction of sp³-hybridized carbons (Fsp3) is 0.444. The fourth-order valence-corrected chi connectivity index (χ4v) is 1.58. The average molecular weight is 182 g/mol. The smallest absolute Gasteiger partial charge is 0.164 e. The molecule has 1 saturated heterocycles. The van der Waals surface area contributed by atoms with Crippen molar-refractivity contribution in [2.75, 3.05) is 18.0 Å². The van der Waals surface area contributed by atoms with Gasteiger partial charge in [-0.25, -0.2) is 4.39 Å². The lowest BCUT2D eigenvalue weighted by atomic mass is 10.3. The minimum absolute atomic E-state index is 0.323. The summed E-state index contributed by atoms with van der Waals surface area (Å²) >= 11 is 0. The van der Waals surface area contributed by atoms with Gasteiger partial charge in [0.2, 0.25) is 0 Å². The van der Waals surface area contributed by atoms with Gasteiger partial charge in [0, 0.05) is 19.3 Å². The third kappa shape index (κ3) is 1.62. The van der Waals surface area contributed by atoms with Gasteiger partial charge in [0.1, 0.15) is 0 Å². The number of aliphatic hydroxyl groups is 1. The summed E-state index contributed by atoms with van der Waals surface area (Å²) in [6, 6.07) is 1.63. The number of hydrogen-bond donors (Lipinski definition) is 1. The molecule has 0 aromatic carbocycles. The summed E-state index contributed by atoms with van der Waals surface area (Å²) in [5, 5.41) is 9.27. The molecule has 3 nitrogen and oxygen atoms in total. The maximum absolute atomic E-state index is 13.2. The van der Waals surface area contributed by atoms with Crippen LogP contribution < -0.4 is 4.90 Å². The number of aliphatic hydroxyl groups excluding tert-OH is 1. The molecule has 1 aromatic heterocycles. The van der Waals surface area contributed by atoms with Crippen LogP contribution in [0.4, 0.5) is 10.1 Å². The van der Waals surface area contributed by atoms with Gasteiger partial charge in [-0.2, -0.15) is 0 Å². The first-order valence-electron chi connectivity index (χ1n) is 4.30. The molecule has 0 radical (unpaired) electrons. The molecule has 1 fully saturated rings. The maximum atomic E-state index is 13.2. The predicted octanol–water partition coefficient (Wildman–Crippen LogP) is 0.792. The highest BCUT2D eigenvalue weighted by Crippen LogP contribution is 2.22. The van der Waals surface area contributed by atoms with Gasteiger partial charge < -0.3 is 10.0 Å². The minimum Gasteiger partial charge on any atom is -0.391 e. The molecule has 2 rings (SSSR count). The summed E-state index contributed by atoms with van der Waals surface area (Å²) in [5.41, 5.74) is 0.534. The zero-order chi connectivity index (χ0) is 9.26. The number of aromatic nitrogens is 1. The van der Waals surface area contributed by atoms with Crippen molar-refractivity contribution in [2.24, 2.45) is 0 Å². The quantitative estimate of drug-likeness (QED) is 0.697. The molecule has 0 amide bonds. The second-order valence-electron chi connectivity index (χ2n) is 3.22. The average Bonchev–Trinajstić information content (AvgIpc) is 2.53.